The van der Waals surface area contributed by atoms with Gasteiger partial charge in [0.2, 0.25) is 0 Å². The van der Waals surface area contributed by atoms with Crippen LogP contribution in [0.1, 0.15) is 21.9 Å². The Hall–Kier alpha value is -3.02. The third-order valence-corrected chi connectivity index (χ3v) is 3.27. The van der Waals surface area contributed by atoms with Gasteiger partial charge in [-0.3, -0.25) is 9.59 Å². The van der Waals surface area contributed by atoms with Gasteiger partial charge in [0, 0.05) is 17.3 Å². The molecule has 22 heavy (non-hydrogen) atoms. The first kappa shape index (κ1) is 13.9. The van der Waals surface area contributed by atoms with Crippen molar-refractivity contribution in [3.63, 3.8) is 0 Å². The lowest BCUT2D eigenvalue weighted by molar-refractivity contribution is 0.102. The van der Waals surface area contributed by atoms with E-state index in [-0.39, 0.29) is 17.2 Å². The molecule has 0 aliphatic rings. The summed E-state index contributed by atoms with van der Waals surface area (Å²) in [7, 11) is 0. The molecule has 1 aromatic carbocycles. The van der Waals surface area contributed by atoms with E-state index in [2.05, 4.69) is 15.3 Å². The zero-order chi connectivity index (χ0) is 15.7. The number of nitrogens with one attached hydrogen (secondary N) is 1. The van der Waals surface area contributed by atoms with Crippen LogP contribution in [0.4, 0.5) is 5.69 Å². The van der Waals surface area contributed by atoms with Gasteiger partial charge in [0.05, 0.1) is 6.20 Å². The molecule has 0 radical (unpaired) electrons. The Morgan fingerprint density at radius 1 is 1.18 bits per heavy atom. The van der Waals surface area contributed by atoms with Gasteiger partial charge in [0.15, 0.2) is 0 Å². The Labute approximate surface area is 126 Å². The molecule has 1 N–H and O–H groups in total. The second-order valence-corrected chi connectivity index (χ2v) is 4.94. The molecule has 0 saturated heterocycles. The van der Waals surface area contributed by atoms with Gasteiger partial charge in [0.1, 0.15) is 17.2 Å². The van der Waals surface area contributed by atoms with Crippen LogP contribution >= 0.6 is 0 Å². The van der Waals surface area contributed by atoms with Crippen molar-refractivity contribution < 1.29 is 4.79 Å². The van der Waals surface area contributed by atoms with Crippen LogP contribution in [0, 0.1) is 13.8 Å². The first-order valence-electron chi connectivity index (χ1n) is 6.78. The molecule has 6 nitrogen and oxygen atoms in total. The largest absolute Gasteiger partial charge is 0.316 e. The highest BCUT2D eigenvalue weighted by Crippen LogP contribution is 2.07. The summed E-state index contributed by atoms with van der Waals surface area (Å²) < 4.78 is 1.38. The lowest BCUT2D eigenvalue weighted by atomic mass is 10.2. The third kappa shape index (κ3) is 2.46. The minimum absolute atomic E-state index is 0.125. The number of aromatic nitrogens is 3. The van der Waals surface area contributed by atoms with E-state index in [4.69, 9.17) is 0 Å². The summed E-state index contributed by atoms with van der Waals surface area (Å²) >= 11 is 0. The molecule has 110 valence electrons. The molecular weight excluding hydrogens is 280 g/mol. The van der Waals surface area contributed by atoms with E-state index in [1.165, 1.54) is 10.6 Å². The quantitative estimate of drug-likeness (QED) is 0.784. The molecule has 3 rings (SSSR count). The number of benzene rings is 1. The van der Waals surface area contributed by atoms with Crippen molar-refractivity contribution >= 4 is 17.2 Å². The molecule has 1 amide bonds. The van der Waals surface area contributed by atoms with Crippen LogP contribution < -0.4 is 10.9 Å². The van der Waals surface area contributed by atoms with Crippen LogP contribution in [-0.2, 0) is 0 Å². The minimum atomic E-state index is -0.350. The van der Waals surface area contributed by atoms with Gasteiger partial charge in [-0.2, -0.15) is 0 Å². The van der Waals surface area contributed by atoms with E-state index in [0.717, 1.165) is 5.69 Å². The zero-order valence-electron chi connectivity index (χ0n) is 12.2. The molecular formula is C16H14N4O2. The van der Waals surface area contributed by atoms with E-state index in [1.54, 1.807) is 37.3 Å². The highest BCUT2D eigenvalue weighted by atomic mass is 16.2. The fourth-order valence-corrected chi connectivity index (χ4v) is 2.28. The standard InChI is InChI=1S/C16H14N4O2/c1-10-8-14-17-9-13(16(22)20(14)11(2)18-10)19-15(21)12-6-4-3-5-7-12/h3-9H,1-2H3,(H,19,21). The van der Waals surface area contributed by atoms with E-state index >= 15 is 0 Å². The first-order chi connectivity index (χ1) is 10.6. The predicted octanol–water partition coefficient (Wildman–Crippen LogP) is 1.96. The Kier molecular flexibility index (Phi) is 3.42. The molecule has 0 fully saturated rings. The van der Waals surface area contributed by atoms with Gasteiger partial charge in [-0.05, 0) is 26.0 Å². The zero-order valence-corrected chi connectivity index (χ0v) is 12.2. The second kappa shape index (κ2) is 5.40. The molecule has 0 aliphatic carbocycles. The number of carbonyl (C=O) groups excluding carboxylic acids is 1. The van der Waals surface area contributed by atoms with Crippen LogP contribution in [0.3, 0.4) is 0 Å². The normalized spacial score (nSPS) is 10.6. The average Bonchev–Trinajstić information content (AvgIpc) is 2.50. The number of nitrogens with zero attached hydrogens (tertiary/aromatic N) is 3. The maximum absolute atomic E-state index is 12.5. The highest BCUT2D eigenvalue weighted by Gasteiger charge is 2.12. The van der Waals surface area contributed by atoms with E-state index in [0.29, 0.717) is 17.0 Å². The number of hydrogen-bond donors (Lipinski definition) is 1. The van der Waals surface area contributed by atoms with Gasteiger partial charge < -0.3 is 5.32 Å². The van der Waals surface area contributed by atoms with Crippen molar-refractivity contribution in [3.8, 4) is 0 Å². The summed E-state index contributed by atoms with van der Waals surface area (Å²) in [6, 6.07) is 10.4. The van der Waals surface area contributed by atoms with Gasteiger partial charge in [-0.15, -0.1) is 0 Å². The van der Waals surface area contributed by atoms with Gasteiger partial charge in [0.25, 0.3) is 11.5 Å². The van der Waals surface area contributed by atoms with Crippen LogP contribution in [0.15, 0.2) is 47.4 Å². The third-order valence-electron chi connectivity index (χ3n) is 3.27. The minimum Gasteiger partial charge on any atom is -0.316 e. The summed E-state index contributed by atoms with van der Waals surface area (Å²) in [5.41, 5.74) is 1.54. The number of anilines is 1. The van der Waals surface area contributed by atoms with Crippen molar-refractivity contribution in [2.45, 2.75) is 13.8 Å². The van der Waals surface area contributed by atoms with Gasteiger partial charge in [-0.25, -0.2) is 14.4 Å². The fraction of sp³-hybridized carbons (Fsp3) is 0.125. The van der Waals surface area contributed by atoms with Crippen LogP contribution in [-0.4, -0.2) is 20.3 Å². The van der Waals surface area contributed by atoms with Crippen molar-refractivity contribution in [2.75, 3.05) is 5.32 Å². The van der Waals surface area contributed by atoms with Crippen LogP contribution in [0.5, 0.6) is 0 Å². The smallest absolute Gasteiger partial charge is 0.283 e. The second-order valence-electron chi connectivity index (χ2n) is 4.94. The number of aryl methyl sites for hydroxylation is 2. The topological polar surface area (TPSA) is 76.4 Å². The number of amides is 1. The van der Waals surface area contributed by atoms with Crippen molar-refractivity contribution in [1.82, 2.24) is 14.4 Å². The molecule has 0 aliphatic heterocycles. The van der Waals surface area contributed by atoms with E-state index in [9.17, 15) is 9.59 Å². The van der Waals surface area contributed by atoms with E-state index < -0.39 is 0 Å². The Balaban J connectivity index is 2.04. The maximum atomic E-state index is 12.5. The summed E-state index contributed by atoms with van der Waals surface area (Å²) in [5, 5.41) is 2.60. The van der Waals surface area contributed by atoms with Crippen LogP contribution in [0.2, 0.25) is 0 Å². The molecule has 0 bridgehead atoms. The van der Waals surface area contributed by atoms with Crippen molar-refractivity contribution in [2.24, 2.45) is 0 Å². The highest BCUT2D eigenvalue weighted by molar-refractivity contribution is 6.04. The molecule has 0 unspecified atom stereocenters. The van der Waals surface area contributed by atoms with Crippen LogP contribution in [0.25, 0.3) is 5.65 Å². The maximum Gasteiger partial charge on any atom is 0.283 e. The molecule has 3 aromatic rings. The first-order valence-corrected chi connectivity index (χ1v) is 6.78. The van der Waals surface area contributed by atoms with Gasteiger partial charge in [-0.1, -0.05) is 18.2 Å². The molecule has 6 heteroatoms. The number of fused-ring (bicyclic) bond motifs is 1. The summed E-state index contributed by atoms with van der Waals surface area (Å²) in [6.45, 7) is 3.57. The molecule has 0 atom stereocenters. The predicted molar refractivity (Wildman–Crippen MR) is 83.1 cm³/mol. The van der Waals surface area contributed by atoms with Crippen molar-refractivity contribution in [1.29, 1.82) is 0 Å². The number of carbonyl (C=O) groups is 1. The summed E-state index contributed by atoms with van der Waals surface area (Å²) in [6.07, 6.45) is 1.37. The van der Waals surface area contributed by atoms with Crippen molar-refractivity contribution in [3.05, 3.63) is 70.0 Å². The SMILES string of the molecule is Cc1cc2ncc(NC(=O)c3ccccc3)c(=O)n2c(C)n1. The monoisotopic (exact) mass is 294 g/mol. The number of rotatable bonds is 2. The molecule has 2 heterocycles. The van der Waals surface area contributed by atoms with Gasteiger partial charge >= 0.3 is 0 Å². The lowest BCUT2D eigenvalue weighted by Gasteiger charge is -2.08. The molecule has 0 saturated carbocycles. The Morgan fingerprint density at radius 3 is 2.64 bits per heavy atom. The van der Waals surface area contributed by atoms with E-state index in [1.807, 2.05) is 13.0 Å². The molecule has 2 aromatic heterocycles. The Morgan fingerprint density at radius 2 is 1.91 bits per heavy atom. The lowest BCUT2D eigenvalue weighted by Crippen LogP contribution is -2.25. The Bertz CT molecular complexity index is 917. The summed E-state index contributed by atoms with van der Waals surface area (Å²) in [4.78, 5) is 33.1. The average molecular weight is 294 g/mol. The molecule has 0 spiro atoms. The summed E-state index contributed by atoms with van der Waals surface area (Å²) in [5.74, 6) is 0.181. The number of hydrogen-bond acceptors (Lipinski definition) is 4. The fourth-order valence-electron chi connectivity index (χ4n) is 2.28.